The van der Waals surface area contributed by atoms with Crippen molar-refractivity contribution in [2.24, 2.45) is 0 Å². The van der Waals surface area contributed by atoms with Crippen molar-refractivity contribution < 1.29 is 20.5 Å². The Hall–Kier alpha value is -1.62. The predicted octanol–water partition coefficient (Wildman–Crippen LogP) is 0.604. The van der Waals surface area contributed by atoms with Crippen LogP contribution >= 0.6 is 0 Å². The van der Waals surface area contributed by atoms with Crippen LogP contribution < -0.4 is 5.48 Å². The standard InChI is InChI=1S/C6H7NO4/c8-4-1-3(7-11)2-5(9)6(4)10/h1-2,7-11H. The van der Waals surface area contributed by atoms with Gasteiger partial charge >= 0.3 is 0 Å². The summed E-state index contributed by atoms with van der Waals surface area (Å²) in [6.45, 7) is 0. The van der Waals surface area contributed by atoms with Crippen molar-refractivity contribution in [2.75, 3.05) is 5.48 Å². The van der Waals surface area contributed by atoms with Crippen LogP contribution in [0.4, 0.5) is 5.69 Å². The molecular weight excluding hydrogens is 150 g/mol. The van der Waals surface area contributed by atoms with Crippen molar-refractivity contribution >= 4 is 5.69 Å². The molecule has 11 heavy (non-hydrogen) atoms. The zero-order chi connectivity index (χ0) is 8.43. The Kier molecular flexibility index (Phi) is 1.74. The van der Waals surface area contributed by atoms with Gasteiger partial charge in [-0.2, -0.15) is 0 Å². The van der Waals surface area contributed by atoms with Gasteiger partial charge < -0.3 is 15.3 Å². The molecule has 5 nitrogen and oxygen atoms in total. The number of aromatic hydroxyl groups is 3. The van der Waals surface area contributed by atoms with Gasteiger partial charge in [0.25, 0.3) is 0 Å². The van der Waals surface area contributed by atoms with E-state index in [0.29, 0.717) is 0 Å². The summed E-state index contributed by atoms with van der Waals surface area (Å²) in [5.41, 5.74) is 1.80. The minimum absolute atomic E-state index is 0.0952. The van der Waals surface area contributed by atoms with E-state index < -0.39 is 17.2 Å². The SMILES string of the molecule is ONc1cc(O)c(O)c(O)c1. The summed E-state index contributed by atoms with van der Waals surface area (Å²) in [6.07, 6.45) is 0. The molecule has 0 radical (unpaired) electrons. The van der Waals surface area contributed by atoms with Crippen LogP contribution in [0.15, 0.2) is 12.1 Å². The van der Waals surface area contributed by atoms with Crippen molar-refractivity contribution in [3.63, 3.8) is 0 Å². The molecule has 0 aliphatic heterocycles. The summed E-state index contributed by atoms with van der Waals surface area (Å²) < 4.78 is 0. The van der Waals surface area contributed by atoms with Crippen molar-refractivity contribution in [2.45, 2.75) is 0 Å². The Labute approximate surface area is 62.1 Å². The third-order valence-electron chi connectivity index (χ3n) is 1.20. The van der Waals surface area contributed by atoms with E-state index in [1.807, 2.05) is 0 Å². The first-order valence-electron chi connectivity index (χ1n) is 2.80. The zero-order valence-electron chi connectivity index (χ0n) is 5.44. The van der Waals surface area contributed by atoms with Gasteiger partial charge in [0.15, 0.2) is 17.2 Å². The highest BCUT2D eigenvalue weighted by atomic mass is 16.5. The number of phenolic OH excluding ortho intramolecular Hbond substituents is 3. The molecule has 0 saturated carbocycles. The molecular formula is C6H7NO4. The lowest BCUT2D eigenvalue weighted by Crippen LogP contribution is -1.87. The highest BCUT2D eigenvalue weighted by Crippen LogP contribution is 2.36. The molecule has 1 aromatic rings. The topological polar surface area (TPSA) is 93.0 Å². The third-order valence-corrected chi connectivity index (χ3v) is 1.20. The average molecular weight is 157 g/mol. The minimum Gasteiger partial charge on any atom is -0.504 e. The quantitative estimate of drug-likeness (QED) is 0.234. The van der Waals surface area contributed by atoms with Crippen LogP contribution in [0.1, 0.15) is 0 Å². The fourth-order valence-corrected chi connectivity index (χ4v) is 0.669. The van der Waals surface area contributed by atoms with Gasteiger partial charge in [0.1, 0.15) is 0 Å². The van der Waals surface area contributed by atoms with E-state index in [9.17, 15) is 0 Å². The van der Waals surface area contributed by atoms with Gasteiger partial charge in [-0.05, 0) is 0 Å². The summed E-state index contributed by atoms with van der Waals surface area (Å²) in [5, 5.41) is 34.8. The molecule has 0 atom stereocenters. The number of nitrogens with one attached hydrogen (secondary N) is 1. The Balaban J connectivity index is 3.21. The van der Waals surface area contributed by atoms with Crippen LogP contribution in [-0.2, 0) is 0 Å². The van der Waals surface area contributed by atoms with Crippen molar-refractivity contribution in [1.82, 2.24) is 0 Å². The van der Waals surface area contributed by atoms with Gasteiger partial charge in [0, 0.05) is 12.1 Å². The summed E-state index contributed by atoms with van der Waals surface area (Å²) in [7, 11) is 0. The van der Waals surface area contributed by atoms with Crippen molar-refractivity contribution in [3.8, 4) is 17.2 Å². The van der Waals surface area contributed by atoms with Crippen LogP contribution in [0, 0.1) is 0 Å². The van der Waals surface area contributed by atoms with Crippen LogP contribution in [-0.4, -0.2) is 20.5 Å². The molecule has 0 spiro atoms. The van der Waals surface area contributed by atoms with Crippen LogP contribution in [0.25, 0.3) is 0 Å². The highest BCUT2D eigenvalue weighted by Gasteiger charge is 2.06. The van der Waals surface area contributed by atoms with Gasteiger partial charge in [0.2, 0.25) is 0 Å². The Morgan fingerprint density at radius 1 is 1.00 bits per heavy atom. The summed E-state index contributed by atoms with van der Waals surface area (Å²) in [6, 6.07) is 2.13. The van der Waals surface area contributed by atoms with E-state index in [1.54, 1.807) is 5.48 Å². The second-order valence-corrected chi connectivity index (χ2v) is 1.97. The minimum atomic E-state index is -0.607. The highest BCUT2D eigenvalue weighted by molar-refractivity contribution is 5.59. The molecule has 0 saturated heterocycles. The van der Waals surface area contributed by atoms with Gasteiger partial charge in [-0.25, -0.2) is 0 Å². The summed E-state index contributed by atoms with van der Waals surface area (Å²) in [5.74, 6) is -1.60. The zero-order valence-corrected chi connectivity index (χ0v) is 5.44. The maximum Gasteiger partial charge on any atom is 0.200 e. The summed E-state index contributed by atoms with van der Waals surface area (Å²) in [4.78, 5) is 0. The van der Waals surface area contributed by atoms with Gasteiger partial charge in [-0.15, -0.1) is 0 Å². The molecule has 5 heteroatoms. The molecule has 0 aliphatic rings. The lowest BCUT2D eigenvalue weighted by molar-refractivity contribution is 0.363. The number of anilines is 1. The van der Waals surface area contributed by atoms with Crippen LogP contribution in [0.2, 0.25) is 0 Å². The number of phenols is 3. The molecule has 0 unspecified atom stereocenters. The molecule has 0 amide bonds. The normalized spacial score (nSPS) is 9.55. The molecule has 0 fully saturated rings. The first kappa shape index (κ1) is 7.49. The molecule has 0 aromatic heterocycles. The lowest BCUT2D eigenvalue weighted by Gasteiger charge is -2.03. The number of hydrogen-bond acceptors (Lipinski definition) is 5. The maximum atomic E-state index is 8.85. The lowest BCUT2D eigenvalue weighted by atomic mass is 10.2. The first-order valence-corrected chi connectivity index (χ1v) is 2.80. The second-order valence-electron chi connectivity index (χ2n) is 1.97. The van der Waals surface area contributed by atoms with E-state index >= 15 is 0 Å². The molecule has 60 valence electrons. The van der Waals surface area contributed by atoms with Gasteiger partial charge in [0.05, 0.1) is 5.69 Å². The first-order chi connectivity index (χ1) is 5.15. The largest absolute Gasteiger partial charge is 0.504 e. The van der Waals surface area contributed by atoms with E-state index in [0.717, 1.165) is 12.1 Å². The molecule has 0 bridgehead atoms. The second kappa shape index (κ2) is 2.55. The Morgan fingerprint density at radius 2 is 1.45 bits per heavy atom. The maximum absolute atomic E-state index is 8.85. The fourth-order valence-electron chi connectivity index (χ4n) is 0.669. The predicted molar refractivity (Wildman–Crippen MR) is 36.8 cm³/mol. The van der Waals surface area contributed by atoms with Gasteiger partial charge in [-0.3, -0.25) is 10.7 Å². The van der Waals surface area contributed by atoms with Crippen molar-refractivity contribution in [3.05, 3.63) is 12.1 Å². The summed E-state index contributed by atoms with van der Waals surface area (Å²) >= 11 is 0. The van der Waals surface area contributed by atoms with E-state index in [4.69, 9.17) is 20.5 Å². The Morgan fingerprint density at radius 3 is 1.82 bits per heavy atom. The number of hydrogen-bond donors (Lipinski definition) is 5. The average Bonchev–Trinajstić information content (AvgIpc) is 1.99. The molecule has 1 rings (SSSR count). The Bertz CT molecular complexity index is 250. The third kappa shape index (κ3) is 1.27. The number of benzene rings is 1. The van der Waals surface area contributed by atoms with E-state index in [1.165, 1.54) is 0 Å². The fraction of sp³-hybridized carbons (Fsp3) is 0. The van der Waals surface area contributed by atoms with Gasteiger partial charge in [-0.1, -0.05) is 0 Å². The molecule has 0 aliphatic carbocycles. The van der Waals surface area contributed by atoms with Crippen LogP contribution in [0.3, 0.4) is 0 Å². The molecule has 1 aromatic carbocycles. The molecule has 0 heterocycles. The van der Waals surface area contributed by atoms with E-state index in [2.05, 4.69) is 0 Å². The smallest absolute Gasteiger partial charge is 0.200 e. The van der Waals surface area contributed by atoms with E-state index in [-0.39, 0.29) is 5.69 Å². The van der Waals surface area contributed by atoms with Crippen LogP contribution in [0.5, 0.6) is 17.2 Å². The van der Waals surface area contributed by atoms with Crippen molar-refractivity contribution in [1.29, 1.82) is 0 Å². The monoisotopic (exact) mass is 157 g/mol. The molecule has 5 N–H and O–H groups in total. The number of rotatable bonds is 1.